The average Bonchev–Trinajstić information content (AvgIpc) is 2.54. The van der Waals surface area contributed by atoms with Crippen LogP contribution in [0.15, 0.2) is 18.2 Å². The van der Waals surface area contributed by atoms with Gasteiger partial charge < -0.3 is 15.4 Å². The molecular formula is C16H21ClN2O3. The number of anilines is 1. The van der Waals surface area contributed by atoms with Crippen LogP contribution in [-0.2, 0) is 9.53 Å². The predicted octanol–water partition coefficient (Wildman–Crippen LogP) is 2.99. The zero-order valence-corrected chi connectivity index (χ0v) is 13.4. The summed E-state index contributed by atoms with van der Waals surface area (Å²) in [6.45, 7) is 0.165. The van der Waals surface area contributed by atoms with Crippen LogP contribution >= 0.6 is 11.6 Å². The van der Waals surface area contributed by atoms with Crippen molar-refractivity contribution < 1.29 is 14.3 Å². The molecule has 0 radical (unpaired) electrons. The minimum atomic E-state index is -0.500. The normalized spacial score (nSPS) is 15.2. The molecule has 0 heterocycles. The summed E-state index contributed by atoms with van der Waals surface area (Å²) in [5.74, 6) is -0.540. The Kier molecular flexibility index (Phi) is 6.07. The van der Waals surface area contributed by atoms with E-state index in [1.165, 1.54) is 26.4 Å². The molecule has 120 valence electrons. The predicted molar refractivity (Wildman–Crippen MR) is 86.3 cm³/mol. The van der Waals surface area contributed by atoms with E-state index in [4.69, 9.17) is 11.6 Å². The van der Waals surface area contributed by atoms with Gasteiger partial charge in [0.15, 0.2) is 0 Å². The Morgan fingerprint density at radius 1 is 1.27 bits per heavy atom. The molecule has 0 saturated heterocycles. The van der Waals surface area contributed by atoms with Crippen LogP contribution in [0.2, 0.25) is 5.02 Å². The molecule has 0 unspecified atom stereocenters. The molecule has 22 heavy (non-hydrogen) atoms. The summed E-state index contributed by atoms with van der Waals surface area (Å²) in [6.07, 6.45) is 5.72. The van der Waals surface area contributed by atoms with E-state index < -0.39 is 5.97 Å². The summed E-state index contributed by atoms with van der Waals surface area (Å²) in [4.78, 5) is 23.5. The number of methoxy groups -OCH3 is 1. The molecule has 0 atom stereocenters. The molecule has 2 rings (SSSR count). The van der Waals surface area contributed by atoms with E-state index in [0.717, 1.165) is 12.8 Å². The van der Waals surface area contributed by atoms with Crippen LogP contribution in [0.5, 0.6) is 0 Å². The molecule has 2 N–H and O–H groups in total. The van der Waals surface area contributed by atoms with Gasteiger partial charge in [0.1, 0.15) is 0 Å². The van der Waals surface area contributed by atoms with Gasteiger partial charge in [0.2, 0.25) is 5.91 Å². The maximum Gasteiger partial charge on any atom is 0.339 e. The minimum absolute atomic E-state index is 0.0403. The van der Waals surface area contributed by atoms with Gasteiger partial charge in [0.25, 0.3) is 0 Å². The van der Waals surface area contributed by atoms with Gasteiger partial charge in [-0.25, -0.2) is 4.79 Å². The number of rotatable bonds is 5. The number of ether oxygens (including phenoxy) is 1. The van der Waals surface area contributed by atoms with E-state index in [2.05, 4.69) is 15.4 Å². The Labute approximate surface area is 135 Å². The van der Waals surface area contributed by atoms with Gasteiger partial charge >= 0.3 is 5.97 Å². The molecule has 1 aliphatic carbocycles. The van der Waals surface area contributed by atoms with Crippen LogP contribution in [0.25, 0.3) is 0 Å². The summed E-state index contributed by atoms with van der Waals surface area (Å²) >= 11 is 5.95. The van der Waals surface area contributed by atoms with Crippen LogP contribution in [0, 0.1) is 0 Å². The summed E-state index contributed by atoms with van der Waals surface area (Å²) in [7, 11) is 1.30. The fourth-order valence-electron chi connectivity index (χ4n) is 2.61. The van der Waals surface area contributed by atoms with E-state index >= 15 is 0 Å². The topological polar surface area (TPSA) is 67.4 Å². The summed E-state index contributed by atoms with van der Waals surface area (Å²) in [5, 5.41) is 6.36. The minimum Gasteiger partial charge on any atom is -0.465 e. The molecule has 0 aliphatic heterocycles. The number of carbonyl (C=O) groups is 2. The van der Waals surface area contributed by atoms with E-state index in [1.807, 2.05) is 0 Å². The third-order valence-corrected chi connectivity index (χ3v) is 4.12. The maximum absolute atomic E-state index is 11.9. The number of benzene rings is 1. The molecule has 1 aromatic carbocycles. The number of carbonyl (C=O) groups excluding carboxylic acids is 2. The van der Waals surface area contributed by atoms with Crippen LogP contribution in [0.4, 0.5) is 5.69 Å². The Morgan fingerprint density at radius 2 is 2.00 bits per heavy atom. The Balaban J connectivity index is 1.88. The maximum atomic E-state index is 11.9. The first-order valence-corrected chi connectivity index (χ1v) is 7.89. The molecule has 1 aliphatic rings. The van der Waals surface area contributed by atoms with Crippen molar-refractivity contribution in [3.05, 3.63) is 28.8 Å². The zero-order chi connectivity index (χ0) is 15.9. The van der Waals surface area contributed by atoms with Gasteiger partial charge in [-0.15, -0.1) is 0 Å². The summed E-state index contributed by atoms with van der Waals surface area (Å²) in [6, 6.07) is 5.21. The van der Waals surface area contributed by atoms with Crippen molar-refractivity contribution in [3.63, 3.8) is 0 Å². The lowest BCUT2D eigenvalue weighted by molar-refractivity contribution is -0.120. The highest BCUT2D eigenvalue weighted by atomic mass is 35.5. The van der Waals surface area contributed by atoms with E-state index in [-0.39, 0.29) is 18.0 Å². The Bertz CT molecular complexity index is 542. The summed E-state index contributed by atoms with van der Waals surface area (Å²) < 4.78 is 4.67. The molecule has 1 aromatic rings. The van der Waals surface area contributed by atoms with Crippen molar-refractivity contribution in [2.24, 2.45) is 0 Å². The summed E-state index contributed by atoms with van der Waals surface area (Å²) in [5.41, 5.74) is 0.936. The highest BCUT2D eigenvalue weighted by Gasteiger charge is 2.16. The van der Waals surface area contributed by atoms with Gasteiger partial charge in [-0.05, 0) is 31.0 Å². The number of halogens is 1. The zero-order valence-electron chi connectivity index (χ0n) is 12.7. The second-order valence-electron chi connectivity index (χ2n) is 5.44. The smallest absolute Gasteiger partial charge is 0.339 e. The van der Waals surface area contributed by atoms with Crippen molar-refractivity contribution in [1.82, 2.24) is 5.32 Å². The molecule has 5 nitrogen and oxygen atoms in total. The highest BCUT2D eigenvalue weighted by Crippen LogP contribution is 2.21. The number of nitrogens with one attached hydrogen (secondary N) is 2. The lowest BCUT2D eigenvalue weighted by Crippen LogP contribution is -2.39. The van der Waals surface area contributed by atoms with Gasteiger partial charge in [-0.3, -0.25) is 4.79 Å². The number of amides is 1. The molecule has 1 saturated carbocycles. The molecule has 0 bridgehead atoms. The number of hydrogen-bond donors (Lipinski definition) is 2. The van der Waals surface area contributed by atoms with Gasteiger partial charge in [-0.1, -0.05) is 30.9 Å². The molecule has 0 spiro atoms. The third-order valence-electron chi connectivity index (χ3n) is 3.80. The first-order chi connectivity index (χ1) is 10.6. The average molecular weight is 325 g/mol. The lowest BCUT2D eigenvalue weighted by atomic mass is 9.95. The van der Waals surface area contributed by atoms with Crippen LogP contribution in [0.1, 0.15) is 42.5 Å². The van der Waals surface area contributed by atoms with Crippen molar-refractivity contribution in [2.75, 3.05) is 19.0 Å². The second kappa shape index (κ2) is 8.03. The Morgan fingerprint density at radius 3 is 2.68 bits per heavy atom. The largest absolute Gasteiger partial charge is 0.465 e. The van der Waals surface area contributed by atoms with E-state index in [9.17, 15) is 9.59 Å². The molecule has 0 aromatic heterocycles. The van der Waals surface area contributed by atoms with E-state index in [1.54, 1.807) is 18.2 Å². The first kappa shape index (κ1) is 16.6. The van der Waals surface area contributed by atoms with Crippen LogP contribution < -0.4 is 10.6 Å². The SMILES string of the molecule is COC(=O)c1cc(NCC(=O)NC2CCCCC2)ccc1Cl. The van der Waals surface area contributed by atoms with Crippen molar-refractivity contribution in [2.45, 2.75) is 38.1 Å². The lowest BCUT2D eigenvalue weighted by Gasteiger charge is -2.22. The van der Waals surface area contributed by atoms with Crippen LogP contribution in [-0.4, -0.2) is 31.6 Å². The standard InChI is InChI=1S/C16H21ClN2O3/c1-22-16(21)13-9-12(7-8-14(13)17)18-10-15(20)19-11-5-3-2-4-6-11/h7-9,11,18H,2-6,10H2,1H3,(H,19,20). The van der Waals surface area contributed by atoms with Gasteiger partial charge in [0.05, 0.1) is 24.2 Å². The van der Waals surface area contributed by atoms with Crippen LogP contribution in [0.3, 0.4) is 0 Å². The fourth-order valence-corrected chi connectivity index (χ4v) is 2.80. The quantitative estimate of drug-likeness (QED) is 0.817. The molecule has 1 fully saturated rings. The molecular weight excluding hydrogens is 304 g/mol. The second-order valence-corrected chi connectivity index (χ2v) is 5.85. The first-order valence-electron chi connectivity index (χ1n) is 7.51. The number of hydrogen-bond acceptors (Lipinski definition) is 4. The third kappa shape index (κ3) is 4.63. The molecule has 6 heteroatoms. The van der Waals surface area contributed by atoms with Gasteiger partial charge in [0, 0.05) is 11.7 Å². The Hall–Kier alpha value is -1.75. The van der Waals surface area contributed by atoms with Gasteiger partial charge in [-0.2, -0.15) is 0 Å². The highest BCUT2D eigenvalue weighted by molar-refractivity contribution is 6.33. The monoisotopic (exact) mass is 324 g/mol. The number of esters is 1. The van der Waals surface area contributed by atoms with Crippen molar-refractivity contribution in [1.29, 1.82) is 0 Å². The molecule has 1 amide bonds. The van der Waals surface area contributed by atoms with E-state index in [0.29, 0.717) is 16.8 Å². The van der Waals surface area contributed by atoms with Crippen molar-refractivity contribution >= 4 is 29.2 Å². The van der Waals surface area contributed by atoms with Crippen molar-refractivity contribution in [3.8, 4) is 0 Å². The fraction of sp³-hybridized carbons (Fsp3) is 0.500.